The van der Waals surface area contributed by atoms with E-state index in [1.54, 1.807) is 18.3 Å². The van der Waals surface area contributed by atoms with Gasteiger partial charge in [0.25, 0.3) is 5.91 Å². The summed E-state index contributed by atoms with van der Waals surface area (Å²) >= 11 is 1.68. The van der Waals surface area contributed by atoms with Crippen LogP contribution in [0.1, 0.15) is 35.2 Å². The molecule has 1 amide bonds. The van der Waals surface area contributed by atoms with Gasteiger partial charge in [0.1, 0.15) is 11.5 Å². The molecule has 3 aromatic rings. The zero-order valence-corrected chi connectivity index (χ0v) is 19.3. The molecule has 0 N–H and O–H groups in total. The summed E-state index contributed by atoms with van der Waals surface area (Å²) in [5.41, 5.74) is 4.00. The first-order valence-electron chi connectivity index (χ1n) is 10.7. The molecule has 0 aliphatic carbocycles. The lowest BCUT2D eigenvalue weighted by Gasteiger charge is -2.33. The molecule has 0 saturated carbocycles. The predicted molar refractivity (Wildman–Crippen MR) is 125 cm³/mol. The summed E-state index contributed by atoms with van der Waals surface area (Å²) < 4.78 is 11.7. The topological polar surface area (TPSA) is 51.7 Å². The van der Waals surface area contributed by atoms with Crippen LogP contribution in [-0.4, -0.2) is 30.1 Å². The summed E-state index contributed by atoms with van der Waals surface area (Å²) in [6, 6.07) is 14.1. The largest absolute Gasteiger partial charge is 0.494 e. The van der Waals surface area contributed by atoms with Gasteiger partial charge in [-0.25, -0.2) is 4.98 Å². The minimum atomic E-state index is -0.481. The van der Waals surface area contributed by atoms with Crippen molar-refractivity contribution in [2.45, 2.75) is 46.6 Å². The Morgan fingerprint density at radius 2 is 1.97 bits per heavy atom. The molecule has 162 valence electrons. The first-order valence-corrected chi connectivity index (χ1v) is 11.5. The molecule has 6 heteroatoms. The van der Waals surface area contributed by atoms with Gasteiger partial charge >= 0.3 is 0 Å². The van der Waals surface area contributed by atoms with E-state index in [9.17, 15) is 4.79 Å². The minimum absolute atomic E-state index is 0.00423. The van der Waals surface area contributed by atoms with Crippen molar-refractivity contribution >= 4 is 22.9 Å². The Bertz CT molecular complexity index is 1090. The second-order valence-electron chi connectivity index (χ2n) is 7.94. The van der Waals surface area contributed by atoms with Gasteiger partial charge in [-0.15, -0.1) is 11.3 Å². The van der Waals surface area contributed by atoms with Crippen LogP contribution in [0.3, 0.4) is 0 Å². The van der Waals surface area contributed by atoms with Crippen LogP contribution in [0.25, 0.3) is 11.3 Å². The summed E-state index contributed by atoms with van der Waals surface area (Å²) in [6.45, 7) is 9.21. The molecule has 0 fully saturated rings. The number of thiazole rings is 1. The van der Waals surface area contributed by atoms with E-state index in [4.69, 9.17) is 9.47 Å². The average Bonchev–Trinajstić information content (AvgIpc) is 3.08. The molecular formula is C25H28N2O3S. The molecule has 2 heterocycles. The molecule has 31 heavy (non-hydrogen) atoms. The van der Waals surface area contributed by atoms with Crippen LogP contribution in [0.4, 0.5) is 5.69 Å². The number of aromatic nitrogens is 1. The molecule has 0 spiro atoms. The second-order valence-corrected chi connectivity index (χ2v) is 9.35. The number of hydrogen-bond donors (Lipinski definition) is 0. The van der Waals surface area contributed by atoms with Crippen LogP contribution in [0.2, 0.25) is 0 Å². The normalized spacial score (nSPS) is 15.5. The maximum atomic E-state index is 12.9. The van der Waals surface area contributed by atoms with E-state index in [0.29, 0.717) is 13.2 Å². The Labute approximate surface area is 187 Å². The van der Waals surface area contributed by atoms with Gasteiger partial charge in [0.2, 0.25) is 0 Å². The highest BCUT2D eigenvalue weighted by Crippen LogP contribution is 2.39. The summed E-state index contributed by atoms with van der Waals surface area (Å²) in [4.78, 5) is 20.6. The highest BCUT2D eigenvalue weighted by Gasteiger charge is 2.31. The number of nitrogens with zero attached hydrogens (tertiary/aromatic N) is 2. The fraction of sp³-hybridized carbons (Fsp3) is 0.360. The number of benzene rings is 2. The lowest BCUT2D eigenvalue weighted by Crippen LogP contribution is -2.45. The van der Waals surface area contributed by atoms with Gasteiger partial charge in [-0.3, -0.25) is 4.79 Å². The van der Waals surface area contributed by atoms with Crippen molar-refractivity contribution in [3.8, 4) is 22.8 Å². The van der Waals surface area contributed by atoms with E-state index in [-0.39, 0.29) is 5.91 Å². The standard InChI is InChI=1S/C25H28N2O3S/c1-16-8-7-9-21(14-16)29-13-6-5-12-27-22-15-20(24-18(3)31-19(4)26-24)10-11-23(22)30-17(2)25(27)28/h7-11,14-15,17H,5-6,12-13H2,1-4H3. The van der Waals surface area contributed by atoms with E-state index >= 15 is 0 Å². The van der Waals surface area contributed by atoms with Gasteiger partial charge in [-0.05, 0) is 76.4 Å². The lowest BCUT2D eigenvalue weighted by molar-refractivity contribution is -0.125. The number of unbranched alkanes of at least 4 members (excludes halogenated alkanes) is 1. The van der Waals surface area contributed by atoms with Crippen molar-refractivity contribution in [2.24, 2.45) is 0 Å². The predicted octanol–water partition coefficient (Wildman–Crippen LogP) is 5.71. The zero-order valence-electron chi connectivity index (χ0n) is 18.5. The summed E-state index contributed by atoms with van der Waals surface area (Å²) in [7, 11) is 0. The Hall–Kier alpha value is -2.86. The Morgan fingerprint density at radius 3 is 2.71 bits per heavy atom. The number of hydrogen-bond acceptors (Lipinski definition) is 5. The second kappa shape index (κ2) is 9.10. The first kappa shape index (κ1) is 21.4. The number of anilines is 1. The number of amides is 1. The van der Waals surface area contributed by atoms with E-state index < -0.39 is 6.10 Å². The molecule has 0 saturated heterocycles. The van der Waals surface area contributed by atoms with Gasteiger partial charge in [0.15, 0.2) is 6.10 Å². The summed E-state index contributed by atoms with van der Waals surface area (Å²) in [6.07, 6.45) is 1.24. The van der Waals surface area contributed by atoms with E-state index in [2.05, 4.69) is 24.9 Å². The molecule has 1 aromatic heterocycles. The van der Waals surface area contributed by atoms with Gasteiger partial charge in [-0.1, -0.05) is 12.1 Å². The van der Waals surface area contributed by atoms with Crippen molar-refractivity contribution in [2.75, 3.05) is 18.1 Å². The number of fused-ring (bicyclic) bond motifs is 1. The van der Waals surface area contributed by atoms with Crippen molar-refractivity contribution in [3.05, 3.63) is 57.9 Å². The van der Waals surface area contributed by atoms with Crippen molar-refractivity contribution in [1.82, 2.24) is 4.98 Å². The highest BCUT2D eigenvalue weighted by molar-refractivity contribution is 7.11. The highest BCUT2D eigenvalue weighted by atomic mass is 32.1. The SMILES string of the molecule is Cc1cccc(OCCCCN2C(=O)C(C)Oc3ccc(-c4nc(C)sc4C)cc32)c1. The van der Waals surface area contributed by atoms with Crippen LogP contribution in [0.5, 0.6) is 11.5 Å². The molecule has 0 bridgehead atoms. The van der Waals surface area contributed by atoms with E-state index in [0.717, 1.165) is 46.3 Å². The molecule has 4 rings (SSSR count). The number of carbonyl (C=O) groups is 1. The summed E-state index contributed by atoms with van der Waals surface area (Å²) in [5.74, 6) is 1.63. The van der Waals surface area contributed by atoms with E-state index in [1.807, 2.05) is 48.2 Å². The molecule has 5 nitrogen and oxygen atoms in total. The maximum absolute atomic E-state index is 12.9. The van der Waals surface area contributed by atoms with Crippen LogP contribution in [0, 0.1) is 20.8 Å². The third-order valence-electron chi connectivity index (χ3n) is 5.38. The molecule has 1 atom stereocenters. The molecular weight excluding hydrogens is 408 g/mol. The van der Waals surface area contributed by atoms with Crippen LogP contribution in [0.15, 0.2) is 42.5 Å². The lowest BCUT2D eigenvalue weighted by atomic mass is 10.1. The van der Waals surface area contributed by atoms with Gasteiger partial charge in [-0.2, -0.15) is 0 Å². The quantitative estimate of drug-likeness (QED) is 0.445. The van der Waals surface area contributed by atoms with Crippen LogP contribution in [-0.2, 0) is 4.79 Å². The van der Waals surface area contributed by atoms with Gasteiger partial charge in [0.05, 0.1) is 23.0 Å². The number of carbonyl (C=O) groups excluding carboxylic acids is 1. The van der Waals surface area contributed by atoms with Crippen molar-refractivity contribution in [3.63, 3.8) is 0 Å². The van der Waals surface area contributed by atoms with Gasteiger partial charge in [0, 0.05) is 17.0 Å². The fourth-order valence-electron chi connectivity index (χ4n) is 3.85. The molecule has 1 unspecified atom stereocenters. The van der Waals surface area contributed by atoms with Crippen molar-refractivity contribution in [1.29, 1.82) is 0 Å². The number of rotatable bonds is 7. The summed E-state index contributed by atoms with van der Waals surface area (Å²) in [5, 5.41) is 1.04. The third-order valence-corrected chi connectivity index (χ3v) is 6.26. The maximum Gasteiger partial charge on any atom is 0.267 e. The minimum Gasteiger partial charge on any atom is -0.494 e. The molecule has 1 aliphatic rings. The van der Waals surface area contributed by atoms with E-state index in [1.165, 1.54) is 10.4 Å². The number of aryl methyl sites for hydroxylation is 3. The first-order chi connectivity index (χ1) is 14.9. The Morgan fingerprint density at radius 1 is 1.13 bits per heavy atom. The van der Waals surface area contributed by atoms with Crippen molar-refractivity contribution < 1.29 is 14.3 Å². The monoisotopic (exact) mass is 436 g/mol. The Kier molecular flexibility index (Phi) is 6.28. The van der Waals surface area contributed by atoms with Gasteiger partial charge < -0.3 is 14.4 Å². The molecule has 1 aliphatic heterocycles. The fourth-order valence-corrected chi connectivity index (χ4v) is 4.69. The number of ether oxygens (including phenoxy) is 2. The average molecular weight is 437 g/mol. The Balaban J connectivity index is 1.45. The zero-order chi connectivity index (χ0) is 22.0. The smallest absolute Gasteiger partial charge is 0.267 e. The molecule has 2 aromatic carbocycles. The molecule has 0 radical (unpaired) electrons. The van der Waals surface area contributed by atoms with Crippen LogP contribution < -0.4 is 14.4 Å². The van der Waals surface area contributed by atoms with Crippen LogP contribution >= 0.6 is 11.3 Å². The third kappa shape index (κ3) is 4.74.